The van der Waals surface area contributed by atoms with Crippen molar-refractivity contribution in [2.45, 2.75) is 6.92 Å². The lowest BCUT2D eigenvalue weighted by Gasteiger charge is -2.03. The highest BCUT2D eigenvalue weighted by Gasteiger charge is 2.18. The van der Waals surface area contributed by atoms with E-state index in [1.54, 1.807) is 25.1 Å². The summed E-state index contributed by atoms with van der Waals surface area (Å²) in [5.41, 5.74) is 1.09. The second-order valence-corrected chi connectivity index (χ2v) is 5.78. The van der Waals surface area contributed by atoms with E-state index in [9.17, 15) is 14.7 Å². The zero-order valence-corrected chi connectivity index (χ0v) is 12.3. The van der Waals surface area contributed by atoms with E-state index in [1.165, 1.54) is 18.3 Å². The van der Waals surface area contributed by atoms with E-state index in [1.807, 2.05) is 0 Å². The molecule has 0 bridgehead atoms. The number of phenols is 1. The van der Waals surface area contributed by atoms with Crippen LogP contribution >= 0.6 is 11.3 Å². The largest absolute Gasteiger partial charge is 0.507 e. The molecule has 2 heterocycles. The summed E-state index contributed by atoms with van der Waals surface area (Å²) < 4.78 is 0. The molecule has 2 aromatic heterocycles. The van der Waals surface area contributed by atoms with Crippen LogP contribution in [0.3, 0.4) is 0 Å². The van der Waals surface area contributed by atoms with Crippen LogP contribution in [0.2, 0.25) is 0 Å². The highest BCUT2D eigenvalue weighted by molar-refractivity contribution is 7.20. The number of aryl methyl sites for hydroxylation is 1. The molecule has 110 valence electrons. The van der Waals surface area contributed by atoms with Gasteiger partial charge < -0.3 is 10.2 Å². The first-order chi connectivity index (χ1) is 10.5. The Labute approximate surface area is 129 Å². The van der Waals surface area contributed by atoms with Gasteiger partial charge in [0.2, 0.25) is 0 Å². The molecule has 3 aromatic rings. The minimum absolute atomic E-state index is 0.0964. The van der Waals surface area contributed by atoms with Gasteiger partial charge in [-0.15, -0.1) is 11.3 Å². The molecule has 0 spiro atoms. The summed E-state index contributed by atoms with van der Waals surface area (Å²) in [5, 5.41) is 19.6. The average Bonchev–Trinajstić information content (AvgIpc) is 2.84. The molecule has 5 nitrogen and oxygen atoms in total. The van der Waals surface area contributed by atoms with Gasteiger partial charge in [0.1, 0.15) is 15.5 Å². The van der Waals surface area contributed by atoms with Gasteiger partial charge in [-0.1, -0.05) is 12.1 Å². The van der Waals surface area contributed by atoms with E-state index in [2.05, 4.69) is 4.98 Å². The van der Waals surface area contributed by atoms with Crippen LogP contribution in [0.5, 0.6) is 5.75 Å². The highest BCUT2D eigenvalue weighted by atomic mass is 32.1. The molecular formula is C16H11NO4S. The maximum absolute atomic E-state index is 12.4. The number of hydrogen-bond donors (Lipinski definition) is 2. The number of carbonyl (C=O) groups is 2. The summed E-state index contributed by atoms with van der Waals surface area (Å²) in [6.07, 6.45) is 1.40. The van der Waals surface area contributed by atoms with E-state index in [0.29, 0.717) is 21.3 Å². The molecule has 2 N–H and O–H groups in total. The summed E-state index contributed by atoms with van der Waals surface area (Å²) in [6.45, 7) is 1.69. The number of pyridine rings is 1. The fourth-order valence-electron chi connectivity index (χ4n) is 2.25. The van der Waals surface area contributed by atoms with Crippen molar-refractivity contribution in [2.75, 3.05) is 0 Å². The predicted molar refractivity (Wildman–Crippen MR) is 82.9 cm³/mol. The number of carbonyl (C=O) groups excluding carboxylic acids is 1. The van der Waals surface area contributed by atoms with Crippen LogP contribution < -0.4 is 0 Å². The first-order valence-electron chi connectivity index (χ1n) is 6.44. The molecule has 0 aliphatic carbocycles. The summed E-state index contributed by atoms with van der Waals surface area (Å²) >= 11 is 1.08. The van der Waals surface area contributed by atoms with Crippen LogP contribution in [0.25, 0.3) is 10.2 Å². The van der Waals surface area contributed by atoms with Crippen molar-refractivity contribution in [1.29, 1.82) is 0 Å². The normalized spacial score (nSPS) is 10.8. The van der Waals surface area contributed by atoms with Crippen molar-refractivity contribution in [3.05, 3.63) is 58.1 Å². The number of fused-ring (bicyclic) bond motifs is 1. The molecule has 0 aliphatic heterocycles. The summed E-state index contributed by atoms with van der Waals surface area (Å²) in [6, 6.07) is 7.89. The number of phenolic OH excluding ortho intramolecular Hbond substituents is 1. The Morgan fingerprint density at radius 3 is 2.64 bits per heavy atom. The second kappa shape index (κ2) is 5.23. The van der Waals surface area contributed by atoms with Gasteiger partial charge in [-0.3, -0.25) is 4.79 Å². The van der Waals surface area contributed by atoms with E-state index < -0.39 is 5.97 Å². The molecule has 0 saturated carbocycles. The number of rotatable bonds is 3. The van der Waals surface area contributed by atoms with Crippen molar-refractivity contribution < 1.29 is 19.8 Å². The lowest BCUT2D eigenvalue weighted by molar-refractivity contribution is 0.0701. The summed E-state index contributed by atoms with van der Waals surface area (Å²) in [5.74, 6) is -1.45. The fraction of sp³-hybridized carbons (Fsp3) is 0.0625. The maximum atomic E-state index is 12.4. The Kier molecular flexibility index (Phi) is 3.38. The van der Waals surface area contributed by atoms with Crippen molar-refractivity contribution in [2.24, 2.45) is 0 Å². The molecule has 0 atom stereocenters. The minimum atomic E-state index is -1.01. The molecule has 0 radical (unpaired) electrons. The number of thiophene rings is 1. The van der Waals surface area contributed by atoms with Crippen molar-refractivity contribution >= 4 is 33.3 Å². The quantitative estimate of drug-likeness (QED) is 0.725. The van der Waals surface area contributed by atoms with Gasteiger partial charge in [0.05, 0.1) is 5.56 Å². The van der Waals surface area contributed by atoms with Gasteiger partial charge in [-0.2, -0.15) is 0 Å². The minimum Gasteiger partial charge on any atom is -0.507 e. The molecule has 3 rings (SSSR count). The number of ketones is 1. The topological polar surface area (TPSA) is 87.5 Å². The second-order valence-electron chi connectivity index (χ2n) is 4.78. The number of para-hydroxylation sites is 1. The van der Waals surface area contributed by atoms with E-state index in [4.69, 9.17) is 5.11 Å². The van der Waals surface area contributed by atoms with Crippen molar-refractivity contribution in [3.63, 3.8) is 0 Å². The summed E-state index contributed by atoms with van der Waals surface area (Å²) in [4.78, 5) is 28.6. The third-order valence-corrected chi connectivity index (χ3v) is 4.60. The molecule has 0 amide bonds. The smallest absolute Gasteiger partial charge is 0.346 e. The molecule has 0 fully saturated rings. The zero-order valence-electron chi connectivity index (χ0n) is 11.5. The fourth-order valence-corrected chi connectivity index (χ4v) is 3.22. The summed E-state index contributed by atoms with van der Waals surface area (Å²) in [7, 11) is 0. The van der Waals surface area contributed by atoms with Gasteiger partial charge in [-0.25, -0.2) is 9.78 Å². The third-order valence-electron chi connectivity index (χ3n) is 3.40. The third kappa shape index (κ3) is 2.23. The molecule has 6 heteroatoms. The van der Waals surface area contributed by atoms with E-state index in [-0.39, 0.29) is 22.0 Å². The standard InChI is InChI=1S/C16H11NO4S/c1-8-11-6-9(7-17-15(11)22-14(8)16(20)21)13(19)10-4-2-3-5-12(10)18/h2-7,18H,1H3,(H,20,21). The van der Waals surface area contributed by atoms with Gasteiger partial charge in [-0.05, 0) is 30.7 Å². The Bertz CT molecular complexity index is 914. The van der Waals surface area contributed by atoms with Gasteiger partial charge >= 0.3 is 5.97 Å². The number of aromatic carboxylic acids is 1. The van der Waals surface area contributed by atoms with Crippen LogP contribution in [0.15, 0.2) is 36.5 Å². The molecule has 22 heavy (non-hydrogen) atoms. The molecule has 1 aromatic carbocycles. The van der Waals surface area contributed by atoms with Crippen LogP contribution in [0.4, 0.5) is 0 Å². The van der Waals surface area contributed by atoms with Crippen molar-refractivity contribution in [3.8, 4) is 5.75 Å². The van der Waals surface area contributed by atoms with Crippen molar-refractivity contribution in [1.82, 2.24) is 4.98 Å². The monoisotopic (exact) mass is 313 g/mol. The first-order valence-corrected chi connectivity index (χ1v) is 7.26. The van der Waals surface area contributed by atoms with Gasteiger partial charge in [0.25, 0.3) is 0 Å². The lowest BCUT2D eigenvalue weighted by Crippen LogP contribution is -2.02. The number of nitrogens with zero attached hydrogens (tertiary/aromatic N) is 1. The van der Waals surface area contributed by atoms with Gasteiger partial charge in [0.15, 0.2) is 5.78 Å². The lowest BCUT2D eigenvalue weighted by atomic mass is 10.0. The highest BCUT2D eigenvalue weighted by Crippen LogP contribution is 2.30. The SMILES string of the molecule is Cc1c(C(=O)O)sc2ncc(C(=O)c3ccccc3O)cc12. The molecular weight excluding hydrogens is 302 g/mol. The Morgan fingerprint density at radius 2 is 1.95 bits per heavy atom. The van der Waals surface area contributed by atoms with E-state index >= 15 is 0 Å². The molecule has 0 aliphatic rings. The van der Waals surface area contributed by atoms with Crippen LogP contribution in [-0.4, -0.2) is 26.9 Å². The van der Waals surface area contributed by atoms with E-state index in [0.717, 1.165) is 11.3 Å². The first kappa shape index (κ1) is 14.2. The number of benzene rings is 1. The number of carboxylic acid groups (broad SMARTS) is 1. The Morgan fingerprint density at radius 1 is 1.23 bits per heavy atom. The zero-order chi connectivity index (χ0) is 15.9. The number of aromatic nitrogens is 1. The molecule has 0 saturated heterocycles. The molecule has 0 unspecified atom stereocenters. The van der Waals surface area contributed by atoms with Crippen LogP contribution in [-0.2, 0) is 0 Å². The van der Waals surface area contributed by atoms with Gasteiger partial charge in [0, 0.05) is 17.1 Å². The predicted octanol–water partition coefficient (Wildman–Crippen LogP) is 3.24. The Hall–Kier alpha value is -2.73. The number of carboxylic acids is 1. The number of hydrogen-bond acceptors (Lipinski definition) is 5. The van der Waals surface area contributed by atoms with Crippen LogP contribution in [0.1, 0.15) is 31.2 Å². The van der Waals surface area contributed by atoms with Crippen LogP contribution in [0, 0.1) is 6.92 Å². The average molecular weight is 313 g/mol. The maximum Gasteiger partial charge on any atom is 0.346 e. The Balaban J connectivity index is 2.13. The number of aromatic hydroxyl groups is 1.